The number of carbonyl (C=O) groups excluding carboxylic acids is 1. The maximum absolute atomic E-state index is 11.8. The largest absolute Gasteiger partial charge is 0.446 e. The van der Waals surface area contributed by atoms with Crippen molar-refractivity contribution >= 4 is 28.3 Å². The van der Waals surface area contributed by atoms with Crippen LogP contribution in [0, 0.1) is 0 Å². The van der Waals surface area contributed by atoms with Crippen LogP contribution in [0.15, 0.2) is 40.9 Å². The minimum atomic E-state index is -0.438. The van der Waals surface area contributed by atoms with E-state index in [1.165, 1.54) is 11.3 Å². The average molecular weight is 359 g/mol. The molecule has 0 spiro atoms. The SMILES string of the molecule is C/C(=N/OCc1csc(NC(=O)OC2CCCC2)n1)c1ccccc1. The number of thiazole rings is 1. The maximum atomic E-state index is 11.8. The molecule has 0 radical (unpaired) electrons. The molecule has 1 N–H and O–H groups in total. The minimum Gasteiger partial charge on any atom is -0.446 e. The van der Waals surface area contributed by atoms with Gasteiger partial charge in [-0.15, -0.1) is 11.3 Å². The van der Waals surface area contributed by atoms with E-state index in [0.29, 0.717) is 10.8 Å². The number of anilines is 1. The second kappa shape index (κ2) is 8.62. The van der Waals surface area contributed by atoms with E-state index in [1.807, 2.05) is 42.6 Å². The quantitative estimate of drug-likeness (QED) is 0.605. The van der Waals surface area contributed by atoms with Gasteiger partial charge >= 0.3 is 6.09 Å². The molecule has 0 bridgehead atoms. The number of carbonyl (C=O) groups is 1. The van der Waals surface area contributed by atoms with Crippen molar-refractivity contribution in [2.75, 3.05) is 5.32 Å². The van der Waals surface area contributed by atoms with Crippen LogP contribution in [0.25, 0.3) is 0 Å². The van der Waals surface area contributed by atoms with Crippen LogP contribution in [0.3, 0.4) is 0 Å². The van der Waals surface area contributed by atoms with Crippen molar-refractivity contribution in [3.05, 3.63) is 47.0 Å². The Balaban J connectivity index is 1.46. The number of nitrogens with one attached hydrogen (secondary N) is 1. The zero-order valence-electron chi connectivity index (χ0n) is 14.1. The summed E-state index contributed by atoms with van der Waals surface area (Å²) in [6.45, 7) is 2.14. The highest BCUT2D eigenvalue weighted by atomic mass is 32.1. The van der Waals surface area contributed by atoms with Gasteiger partial charge in [0.1, 0.15) is 6.10 Å². The molecule has 7 heteroatoms. The first kappa shape index (κ1) is 17.4. The highest BCUT2D eigenvalue weighted by molar-refractivity contribution is 7.13. The first-order valence-corrected chi connectivity index (χ1v) is 9.22. The number of rotatable bonds is 6. The molecule has 0 saturated heterocycles. The zero-order chi connectivity index (χ0) is 17.5. The van der Waals surface area contributed by atoms with Gasteiger partial charge < -0.3 is 9.57 Å². The summed E-state index contributed by atoms with van der Waals surface area (Å²) in [5.74, 6) is 0. The summed E-state index contributed by atoms with van der Waals surface area (Å²) in [6.07, 6.45) is 3.75. The van der Waals surface area contributed by atoms with E-state index in [0.717, 1.165) is 37.0 Å². The van der Waals surface area contributed by atoms with E-state index in [4.69, 9.17) is 9.57 Å². The van der Waals surface area contributed by atoms with Crippen molar-refractivity contribution in [2.24, 2.45) is 5.16 Å². The highest BCUT2D eigenvalue weighted by Gasteiger charge is 2.19. The van der Waals surface area contributed by atoms with Gasteiger partial charge in [-0.1, -0.05) is 35.5 Å². The van der Waals surface area contributed by atoms with Gasteiger partial charge in [-0.05, 0) is 38.2 Å². The highest BCUT2D eigenvalue weighted by Crippen LogP contribution is 2.22. The molecular formula is C18H21N3O3S. The summed E-state index contributed by atoms with van der Waals surface area (Å²) in [7, 11) is 0. The van der Waals surface area contributed by atoms with Gasteiger partial charge in [-0.25, -0.2) is 9.78 Å². The molecule has 1 saturated carbocycles. The third-order valence-corrected chi connectivity index (χ3v) is 4.75. The van der Waals surface area contributed by atoms with Crippen LogP contribution < -0.4 is 5.32 Å². The topological polar surface area (TPSA) is 72.8 Å². The number of nitrogens with zero attached hydrogens (tertiary/aromatic N) is 2. The van der Waals surface area contributed by atoms with E-state index in [2.05, 4.69) is 15.5 Å². The summed E-state index contributed by atoms with van der Waals surface area (Å²) in [4.78, 5) is 21.5. The van der Waals surface area contributed by atoms with E-state index in [-0.39, 0.29) is 12.7 Å². The lowest BCUT2D eigenvalue weighted by Gasteiger charge is -2.10. The lowest BCUT2D eigenvalue weighted by Crippen LogP contribution is -2.20. The number of hydrogen-bond donors (Lipinski definition) is 1. The maximum Gasteiger partial charge on any atom is 0.413 e. The van der Waals surface area contributed by atoms with Crippen LogP contribution in [-0.2, 0) is 16.2 Å². The predicted molar refractivity (Wildman–Crippen MR) is 97.9 cm³/mol. The van der Waals surface area contributed by atoms with Crippen molar-refractivity contribution in [3.8, 4) is 0 Å². The number of benzene rings is 1. The van der Waals surface area contributed by atoms with E-state index in [1.54, 1.807) is 0 Å². The molecule has 1 amide bonds. The number of amides is 1. The number of aromatic nitrogens is 1. The fourth-order valence-electron chi connectivity index (χ4n) is 2.63. The summed E-state index contributed by atoms with van der Waals surface area (Å²) < 4.78 is 5.35. The summed E-state index contributed by atoms with van der Waals surface area (Å²) >= 11 is 1.34. The molecule has 1 fully saturated rings. The second-order valence-electron chi connectivity index (χ2n) is 5.90. The fraction of sp³-hybridized carbons (Fsp3) is 0.389. The van der Waals surface area contributed by atoms with Gasteiger partial charge in [0.25, 0.3) is 0 Å². The zero-order valence-corrected chi connectivity index (χ0v) is 14.9. The molecule has 1 aromatic carbocycles. The molecule has 0 atom stereocenters. The van der Waals surface area contributed by atoms with Gasteiger partial charge in [-0.3, -0.25) is 5.32 Å². The Bertz CT molecular complexity index is 724. The van der Waals surface area contributed by atoms with Crippen LogP contribution in [-0.4, -0.2) is 22.9 Å². The molecule has 1 aliphatic rings. The van der Waals surface area contributed by atoms with Gasteiger partial charge in [0.15, 0.2) is 11.7 Å². The van der Waals surface area contributed by atoms with Gasteiger partial charge in [-0.2, -0.15) is 0 Å². The molecular weight excluding hydrogens is 338 g/mol. The van der Waals surface area contributed by atoms with Crippen molar-refractivity contribution < 1.29 is 14.4 Å². The molecule has 0 unspecified atom stereocenters. The van der Waals surface area contributed by atoms with Crippen molar-refractivity contribution in [1.29, 1.82) is 0 Å². The number of oxime groups is 1. The smallest absolute Gasteiger partial charge is 0.413 e. The Labute approximate surface area is 150 Å². The summed E-state index contributed by atoms with van der Waals surface area (Å²) in [5, 5.41) is 9.10. The molecule has 6 nitrogen and oxygen atoms in total. The van der Waals surface area contributed by atoms with Crippen molar-refractivity contribution in [2.45, 2.75) is 45.3 Å². The second-order valence-corrected chi connectivity index (χ2v) is 6.76. The Morgan fingerprint density at radius 3 is 2.84 bits per heavy atom. The lowest BCUT2D eigenvalue weighted by molar-refractivity contribution is 0.114. The average Bonchev–Trinajstić information content (AvgIpc) is 3.28. The number of hydrogen-bond acceptors (Lipinski definition) is 6. The molecule has 0 aliphatic heterocycles. The Kier molecular flexibility index (Phi) is 6.00. The minimum absolute atomic E-state index is 0.0399. The summed E-state index contributed by atoms with van der Waals surface area (Å²) in [5.41, 5.74) is 2.53. The van der Waals surface area contributed by atoms with E-state index in [9.17, 15) is 4.79 Å². The first-order chi connectivity index (χ1) is 12.2. The van der Waals surface area contributed by atoms with Crippen molar-refractivity contribution in [1.82, 2.24) is 4.98 Å². The van der Waals surface area contributed by atoms with Crippen LogP contribution >= 0.6 is 11.3 Å². The fourth-order valence-corrected chi connectivity index (χ4v) is 3.31. The Morgan fingerprint density at radius 2 is 2.08 bits per heavy atom. The lowest BCUT2D eigenvalue weighted by atomic mass is 10.1. The van der Waals surface area contributed by atoms with E-state index >= 15 is 0 Å². The van der Waals surface area contributed by atoms with Gasteiger partial charge in [0, 0.05) is 5.38 Å². The molecule has 132 valence electrons. The third-order valence-electron chi connectivity index (χ3n) is 3.94. The molecule has 25 heavy (non-hydrogen) atoms. The predicted octanol–water partition coefficient (Wildman–Crippen LogP) is 4.58. The van der Waals surface area contributed by atoms with Gasteiger partial charge in [0.2, 0.25) is 0 Å². The van der Waals surface area contributed by atoms with Crippen molar-refractivity contribution in [3.63, 3.8) is 0 Å². The normalized spacial score (nSPS) is 15.2. The van der Waals surface area contributed by atoms with Crippen LogP contribution in [0.1, 0.15) is 43.9 Å². The van der Waals surface area contributed by atoms with Gasteiger partial charge in [0.05, 0.1) is 11.4 Å². The molecule has 1 aliphatic carbocycles. The molecule has 1 heterocycles. The Hall–Kier alpha value is -2.41. The molecule has 2 aromatic rings. The monoisotopic (exact) mass is 359 g/mol. The first-order valence-electron chi connectivity index (χ1n) is 8.35. The summed E-state index contributed by atoms with van der Waals surface area (Å²) in [6, 6.07) is 9.82. The Morgan fingerprint density at radius 1 is 1.32 bits per heavy atom. The van der Waals surface area contributed by atoms with Crippen LogP contribution in [0.2, 0.25) is 0 Å². The molecule has 1 aromatic heterocycles. The standard InChI is InChI=1S/C18H21N3O3S/c1-13(14-7-3-2-4-8-14)21-23-11-15-12-25-17(19-15)20-18(22)24-16-9-5-6-10-16/h2-4,7-8,12,16H,5-6,9-11H2,1H3,(H,19,20,22)/b21-13-. The van der Waals surface area contributed by atoms with Crippen LogP contribution in [0.5, 0.6) is 0 Å². The van der Waals surface area contributed by atoms with Crippen LogP contribution in [0.4, 0.5) is 9.93 Å². The number of ether oxygens (including phenoxy) is 1. The van der Waals surface area contributed by atoms with E-state index < -0.39 is 6.09 Å². The molecule has 3 rings (SSSR count). The third kappa shape index (κ3) is 5.29.